The summed E-state index contributed by atoms with van der Waals surface area (Å²) in [5.74, 6) is 1.31. The van der Waals surface area contributed by atoms with Gasteiger partial charge in [0.05, 0.1) is 12.4 Å². The summed E-state index contributed by atoms with van der Waals surface area (Å²) in [5.41, 5.74) is 1.16. The van der Waals surface area contributed by atoms with E-state index in [0.717, 1.165) is 18.7 Å². The zero-order valence-corrected chi connectivity index (χ0v) is 11.6. The zero-order valence-electron chi connectivity index (χ0n) is 11.6. The zero-order chi connectivity index (χ0) is 13.7. The minimum Gasteiger partial charge on any atom is -0.436 e. The van der Waals surface area contributed by atoms with Gasteiger partial charge >= 0.3 is 0 Å². The molecule has 2 aromatic rings. The Morgan fingerprint density at radius 3 is 2.95 bits per heavy atom. The molecule has 2 rings (SSSR count). The van der Waals surface area contributed by atoms with Crippen LogP contribution in [0.2, 0.25) is 0 Å². The van der Waals surface area contributed by atoms with Crippen molar-refractivity contribution in [1.29, 1.82) is 0 Å². The smallest absolute Gasteiger partial charge is 0.219 e. The van der Waals surface area contributed by atoms with E-state index in [2.05, 4.69) is 29.2 Å². The van der Waals surface area contributed by atoms with E-state index in [1.54, 1.807) is 12.4 Å². The second-order valence-corrected chi connectivity index (χ2v) is 4.34. The van der Waals surface area contributed by atoms with Crippen LogP contribution in [0.5, 0.6) is 11.6 Å². The molecule has 0 radical (unpaired) electrons. The largest absolute Gasteiger partial charge is 0.436 e. The molecule has 1 N–H and O–H groups in total. The monoisotopic (exact) mass is 260 g/mol. The molecule has 0 fully saturated rings. The van der Waals surface area contributed by atoms with Crippen LogP contribution in [0.1, 0.15) is 32.4 Å². The van der Waals surface area contributed by atoms with Crippen LogP contribution in [0, 0.1) is 0 Å². The Balaban J connectivity index is 2.10. The molecule has 0 amide bonds. The SMILES string of the molecule is CCNC(C)c1ccnc(Oc2cnn(CC)c2)c1. The van der Waals surface area contributed by atoms with E-state index in [1.807, 2.05) is 29.9 Å². The molecule has 1 atom stereocenters. The predicted octanol–water partition coefficient (Wildman–Crippen LogP) is 2.76. The number of hydrogen-bond donors (Lipinski definition) is 1. The van der Waals surface area contributed by atoms with Crippen molar-refractivity contribution in [3.63, 3.8) is 0 Å². The molecular weight excluding hydrogens is 240 g/mol. The molecule has 5 heteroatoms. The Kier molecular flexibility index (Phi) is 4.52. The van der Waals surface area contributed by atoms with Gasteiger partial charge in [-0.15, -0.1) is 0 Å². The average Bonchev–Trinajstić information content (AvgIpc) is 2.87. The minimum absolute atomic E-state index is 0.286. The summed E-state index contributed by atoms with van der Waals surface area (Å²) < 4.78 is 7.53. The van der Waals surface area contributed by atoms with Crippen molar-refractivity contribution in [2.45, 2.75) is 33.4 Å². The number of nitrogens with zero attached hydrogens (tertiary/aromatic N) is 3. The summed E-state index contributed by atoms with van der Waals surface area (Å²) >= 11 is 0. The average molecular weight is 260 g/mol. The molecule has 0 aliphatic heterocycles. The molecular formula is C14H20N4O. The van der Waals surface area contributed by atoms with Crippen LogP contribution in [0.25, 0.3) is 0 Å². The standard InChI is InChI=1S/C14H20N4O/c1-4-15-11(3)12-6-7-16-14(8-12)19-13-9-17-18(5-2)10-13/h6-11,15H,4-5H2,1-3H3. The summed E-state index contributed by atoms with van der Waals surface area (Å²) in [4.78, 5) is 4.23. The van der Waals surface area contributed by atoms with Crippen LogP contribution >= 0.6 is 0 Å². The maximum atomic E-state index is 5.71. The molecule has 0 saturated heterocycles. The van der Waals surface area contributed by atoms with Gasteiger partial charge in [0, 0.05) is 24.8 Å². The fourth-order valence-corrected chi connectivity index (χ4v) is 1.86. The second kappa shape index (κ2) is 6.33. The van der Waals surface area contributed by atoms with E-state index >= 15 is 0 Å². The number of aryl methyl sites for hydroxylation is 1. The van der Waals surface area contributed by atoms with E-state index in [-0.39, 0.29) is 6.04 Å². The number of ether oxygens (including phenoxy) is 1. The van der Waals surface area contributed by atoms with E-state index in [1.165, 1.54) is 0 Å². The molecule has 5 nitrogen and oxygen atoms in total. The third-order valence-corrected chi connectivity index (χ3v) is 2.93. The van der Waals surface area contributed by atoms with Crippen molar-refractivity contribution < 1.29 is 4.74 Å². The first kappa shape index (κ1) is 13.5. The lowest BCUT2D eigenvalue weighted by atomic mass is 10.1. The predicted molar refractivity (Wildman–Crippen MR) is 74.3 cm³/mol. The molecule has 102 valence electrons. The normalized spacial score (nSPS) is 12.4. The Hall–Kier alpha value is -1.88. The molecule has 1 unspecified atom stereocenters. The number of aromatic nitrogens is 3. The quantitative estimate of drug-likeness (QED) is 0.867. The van der Waals surface area contributed by atoms with Gasteiger partial charge in [-0.2, -0.15) is 5.10 Å². The van der Waals surface area contributed by atoms with E-state index in [9.17, 15) is 0 Å². The Labute approximate surface area is 113 Å². The first-order valence-electron chi connectivity index (χ1n) is 6.62. The second-order valence-electron chi connectivity index (χ2n) is 4.34. The highest BCUT2D eigenvalue weighted by atomic mass is 16.5. The molecule has 0 bridgehead atoms. The van der Waals surface area contributed by atoms with Crippen LogP contribution < -0.4 is 10.1 Å². The maximum absolute atomic E-state index is 5.71. The van der Waals surface area contributed by atoms with Crippen molar-refractivity contribution in [3.8, 4) is 11.6 Å². The van der Waals surface area contributed by atoms with Crippen molar-refractivity contribution >= 4 is 0 Å². The van der Waals surface area contributed by atoms with Gasteiger partial charge in [-0.1, -0.05) is 6.92 Å². The van der Waals surface area contributed by atoms with Gasteiger partial charge in [0.15, 0.2) is 5.75 Å². The molecule has 0 aromatic carbocycles. The highest BCUT2D eigenvalue weighted by Crippen LogP contribution is 2.21. The first-order chi connectivity index (χ1) is 9.22. The molecule has 0 spiro atoms. The lowest BCUT2D eigenvalue weighted by Crippen LogP contribution is -2.17. The van der Waals surface area contributed by atoms with E-state index in [0.29, 0.717) is 11.6 Å². The van der Waals surface area contributed by atoms with Crippen molar-refractivity contribution in [3.05, 3.63) is 36.3 Å². The molecule has 2 aromatic heterocycles. The summed E-state index contributed by atoms with van der Waals surface area (Å²) in [6.07, 6.45) is 5.33. The summed E-state index contributed by atoms with van der Waals surface area (Å²) in [6.45, 7) is 8.01. The van der Waals surface area contributed by atoms with Crippen LogP contribution in [-0.4, -0.2) is 21.3 Å². The van der Waals surface area contributed by atoms with Gasteiger partial charge in [-0.3, -0.25) is 4.68 Å². The lowest BCUT2D eigenvalue weighted by Gasteiger charge is -2.13. The Bertz CT molecular complexity index is 524. The fraction of sp³-hybridized carbons (Fsp3) is 0.429. The summed E-state index contributed by atoms with van der Waals surface area (Å²) in [6, 6.07) is 4.24. The van der Waals surface area contributed by atoms with Crippen molar-refractivity contribution in [1.82, 2.24) is 20.1 Å². The minimum atomic E-state index is 0.286. The molecule has 2 heterocycles. The first-order valence-corrected chi connectivity index (χ1v) is 6.62. The topological polar surface area (TPSA) is 52.0 Å². The highest BCUT2D eigenvalue weighted by molar-refractivity contribution is 5.27. The van der Waals surface area contributed by atoms with Gasteiger partial charge in [0.2, 0.25) is 5.88 Å². The lowest BCUT2D eigenvalue weighted by molar-refractivity contribution is 0.459. The summed E-state index contributed by atoms with van der Waals surface area (Å²) in [7, 11) is 0. The van der Waals surface area contributed by atoms with Gasteiger partial charge in [-0.25, -0.2) is 4.98 Å². The Morgan fingerprint density at radius 2 is 2.26 bits per heavy atom. The third kappa shape index (κ3) is 3.54. The van der Waals surface area contributed by atoms with Crippen LogP contribution in [0.3, 0.4) is 0 Å². The number of nitrogens with one attached hydrogen (secondary N) is 1. The van der Waals surface area contributed by atoms with E-state index in [4.69, 9.17) is 4.74 Å². The fourth-order valence-electron chi connectivity index (χ4n) is 1.86. The molecule has 0 saturated carbocycles. The highest BCUT2D eigenvalue weighted by Gasteiger charge is 2.07. The molecule has 19 heavy (non-hydrogen) atoms. The summed E-state index contributed by atoms with van der Waals surface area (Å²) in [5, 5.41) is 7.54. The molecule has 0 aliphatic rings. The Morgan fingerprint density at radius 1 is 1.42 bits per heavy atom. The van der Waals surface area contributed by atoms with Gasteiger partial charge < -0.3 is 10.1 Å². The van der Waals surface area contributed by atoms with Crippen LogP contribution in [0.4, 0.5) is 0 Å². The number of hydrogen-bond acceptors (Lipinski definition) is 4. The van der Waals surface area contributed by atoms with Crippen molar-refractivity contribution in [2.24, 2.45) is 0 Å². The van der Waals surface area contributed by atoms with Crippen LogP contribution in [-0.2, 0) is 6.54 Å². The van der Waals surface area contributed by atoms with Gasteiger partial charge in [0.1, 0.15) is 0 Å². The maximum Gasteiger partial charge on any atom is 0.219 e. The number of pyridine rings is 1. The van der Waals surface area contributed by atoms with Gasteiger partial charge in [-0.05, 0) is 32.0 Å². The van der Waals surface area contributed by atoms with Gasteiger partial charge in [0.25, 0.3) is 0 Å². The third-order valence-electron chi connectivity index (χ3n) is 2.93. The van der Waals surface area contributed by atoms with Crippen LogP contribution in [0.15, 0.2) is 30.7 Å². The van der Waals surface area contributed by atoms with Crippen molar-refractivity contribution in [2.75, 3.05) is 6.54 Å². The molecule has 0 aliphatic carbocycles. The number of rotatable bonds is 6. The van der Waals surface area contributed by atoms with E-state index < -0.39 is 0 Å².